The summed E-state index contributed by atoms with van der Waals surface area (Å²) in [6, 6.07) is 14.4. The number of nitrogens with one attached hydrogen (secondary N) is 1. The first kappa shape index (κ1) is 18.2. The van der Waals surface area contributed by atoms with Gasteiger partial charge in [-0.25, -0.2) is 0 Å². The zero-order valence-corrected chi connectivity index (χ0v) is 15.3. The molecular weight excluding hydrogens is 298 g/mol. The lowest BCUT2D eigenvalue weighted by Crippen LogP contribution is -2.12. The molecule has 0 atom stereocenters. The van der Waals surface area contributed by atoms with E-state index in [0.717, 1.165) is 36.8 Å². The molecule has 3 nitrogen and oxygen atoms in total. The normalized spacial score (nSPS) is 10.7. The van der Waals surface area contributed by atoms with Crippen LogP contribution in [0.25, 0.3) is 0 Å². The predicted molar refractivity (Wildman–Crippen MR) is 101 cm³/mol. The average molecular weight is 327 g/mol. The first-order chi connectivity index (χ1) is 11.5. The molecule has 0 aromatic heterocycles. The first-order valence-electron chi connectivity index (χ1n) is 8.71. The molecule has 2 aromatic carbocycles. The summed E-state index contributed by atoms with van der Waals surface area (Å²) in [7, 11) is 0. The van der Waals surface area contributed by atoms with E-state index in [4.69, 9.17) is 9.47 Å². The highest BCUT2D eigenvalue weighted by Crippen LogP contribution is 2.20. The number of rotatable bonds is 9. The predicted octanol–water partition coefficient (Wildman–Crippen LogP) is 5.22. The van der Waals surface area contributed by atoms with Gasteiger partial charge in [-0.3, -0.25) is 0 Å². The topological polar surface area (TPSA) is 30.5 Å². The number of aryl methyl sites for hydroxylation is 2. The summed E-state index contributed by atoms with van der Waals surface area (Å²) < 4.78 is 11.7. The summed E-state index contributed by atoms with van der Waals surface area (Å²) >= 11 is 0. The second kappa shape index (κ2) is 9.21. The van der Waals surface area contributed by atoms with Gasteiger partial charge in [0.05, 0.1) is 6.61 Å². The van der Waals surface area contributed by atoms with Gasteiger partial charge >= 0.3 is 0 Å². The summed E-state index contributed by atoms with van der Waals surface area (Å²) in [5, 5.41) is 3.38. The van der Waals surface area contributed by atoms with Crippen LogP contribution < -0.4 is 14.8 Å². The van der Waals surface area contributed by atoms with Gasteiger partial charge in [0.2, 0.25) is 0 Å². The van der Waals surface area contributed by atoms with Crippen LogP contribution in [-0.4, -0.2) is 19.8 Å². The lowest BCUT2D eigenvalue weighted by Gasteiger charge is -2.12. The van der Waals surface area contributed by atoms with Crippen molar-refractivity contribution in [3.05, 3.63) is 53.6 Å². The fraction of sp³-hybridized carbons (Fsp3) is 0.429. The SMILES string of the molecule is Cc1ccc(C)c(OCCNc2cccc(OCCC(C)C)c2)c1. The van der Waals surface area contributed by atoms with Gasteiger partial charge in [0.25, 0.3) is 0 Å². The third kappa shape index (κ3) is 6.15. The molecule has 2 aromatic rings. The zero-order valence-electron chi connectivity index (χ0n) is 15.3. The molecule has 0 saturated carbocycles. The lowest BCUT2D eigenvalue weighted by atomic mass is 10.1. The molecule has 0 amide bonds. The third-order valence-corrected chi connectivity index (χ3v) is 3.83. The molecular formula is C21H29NO2. The van der Waals surface area contributed by atoms with Gasteiger partial charge in [-0.05, 0) is 55.5 Å². The van der Waals surface area contributed by atoms with E-state index in [1.165, 1.54) is 11.1 Å². The van der Waals surface area contributed by atoms with Gasteiger partial charge in [-0.15, -0.1) is 0 Å². The first-order valence-corrected chi connectivity index (χ1v) is 8.71. The van der Waals surface area contributed by atoms with Gasteiger partial charge in [0, 0.05) is 18.3 Å². The number of ether oxygens (including phenoxy) is 2. The Hall–Kier alpha value is -2.16. The molecule has 0 bridgehead atoms. The maximum Gasteiger partial charge on any atom is 0.122 e. The van der Waals surface area contributed by atoms with E-state index in [9.17, 15) is 0 Å². The van der Waals surface area contributed by atoms with Crippen LogP contribution in [0.3, 0.4) is 0 Å². The number of hydrogen-bond acceptors (Lipinski definition) is 3. The number of benzene rings is 2. The van der Waals surface area contributed by atoms with E-state index in [1.54, 1.807) is 0 Å². The van der Waals surface area contributed by atoms with Gasteiger partial charge in [-0.2, -0.15) is 0 Å². The van der Waals surface area contributed by atoms with Gasteiger partial charge in [-0.1, -0.05) is 32.0 Å². The maximum absolute atomic E-state index is 5.87. The highest BCUT2D eigenvalue weighted by atomic mass is 16.5. The fourth-order valence-electron chi connectivity index (χ4n) is 2.33. The summed E-state index contributed by atoms with van der Waals surface area (Å²) in [4.78, 5) is 0. The molecule has 0 radical (unpaired) electrons. The van der Waals surface area contributed by atoms with Crippen LogP contribution in [0.5, 0.6) is 11.5 Å². The van der Waals surface area contributed by atoms with Crippen molar-refractivity contribution < 1.29 is 9.47 Å². The Bertz CT molecular complexity index is 637. The molecule has 0 aliphatic carbocycles. The van der Waals surface area contributed by atoms with Crippen molar-refractivity contribution in [2.24, 2.45) is 5.92 Å². The summed E-state index contributed by atoms with van der Waals surface area (Å²) in [6.45, 7) is 10.7. The van der Waals surface area contributed by atoms with Crippen molar-refractivity contribution in [1.29, 1.82) is 0 Å². The van der Waals surface area contributed by atoms with Gasteiger partial charge in [0.15, 0.2) is 0 Å². The minimum absolute atomic E-state index is 0.628. The minimum atomic E-state index is 0.628. The molecule has 2 rings (SSSR count). The Morgan fingerprint density at radius 3 is 2.58 bits per heavy atom. The van der Waals surface area contributed by atoms with E-state index in [-0.39, 0.29) is 0 Å². The quantitative estimate of drug-likeness (QED) is 0.641. The van der Waals surface area contributed by atoms with E-state index in [0.29, 0.717) is 12.5 Å². The lowest BCUT2D eigenvalue weighted by molar-refractivity contribution is 0.289. The Kier molecular flexibility index (Phi) is 6.98. The van der Waals surface area contributed by atoms with Crippen LogP contribution in [0.15, 0.2) is 42.5 Å². The zero-order chi connectivity index (χ0) is 17.4. The molecule has 0 fully saturated rings. The summed E-state index contributed by atoms with van der Waals surface area (Å²) in [6.07, 6.45) is 1.07. The largest absolute Gasteiger partial charge is 0.494 e. The Labute approximate surface area is 146 Å². The van der Waals surface area contributed by atoms with Crippen LogP contribution in [0.2, 0.25) is 0 Å². The number of anilines is 1. The van der Waals surface area contributed by atoms with Gasteiger partial charge < -0.3 is 14.8 Å². The van der Waals surface area contributed by atoms with Crippen LogP contribution in [-0.2, 0) is 0 Å². The maximum atomic E-state index is 5.87. The average Bonchev–Trinajstić information content (AvgIpc) is 2.55. The van der Waals surface area contributed by atoms with Crippen molar-refractivity contribution in [2.75, 3.05) is 25.1 Å². The van der Waals surface area contributed by atoms with Crippen LogP contribution in [0.4, 0.5) is 5.69 Å². The summed E-state index contributed by atoms with van der Waals surface area (Å²) in [5.41, 5.74) is 3.44. The molecule has 24 heavy (non-hydrogen) atoms. The molecule has 3 heteroatoms. The van der Waals surface area contributed by atoms with Crippen molar-refractivity contribution in [1.82, 2.24) is 0 Å². The van der Waals surface area contributed by atoms with E-state index < -0.39 is 0 Å². The second-order valence-electron chi connectivity index (χ2n) is 6.60. The molecule has 0 aliphatic rings. The van der Waals surface area contributed by atoms with Gasteiger partial charge in [0.1, 0.15) is 18.1 Å². The highest BCUT2D eigenvalue weighted by Gasteiger charge is 2.01. The van der Waals surface area contributed by atoms with E-state index in [2.05, 4.69) is 51.2 Å². The molecule has 1 N–H and O–H groups in total. The molecule has 0 spiro atoms. The van der Waals surface area contributed by atoms with Crippen LogP contribution in [0, 0.1) is 19.8 Å². The standard InChI is InChI=1S/C21H29NO2/c1-16(2)10-12-23-20-7-5-6-19(15-20)22-11-13-24-21-14-17(3)8-9-18(21)4/h5-9,14-16,22H,10-13H2,1-4H3. The molecule has 0 unspecified atom stereocenters. The Balaban J connectivity index is 1.76. The van der Waals surface area contributed by atoms with Crippen molar-refractivity contribution in [2.45, 2.75) is 34.1 Å². The van der Waals surface area contributed by atoms with Crippen LogP contribution in [0.1, 0.15) is 31.4 Å². The molecule has 0 saturated heterocycles. The van der Waals surface area contributed by atoms with E-state index >= 15 is 0 Å². The molecule has 0 aliphatic heterocycles. The fourth-order valence-corrected chi connectivity index (χ4v) is 2.33. The number of hydrogen-bond donors (Lipinski definition) is 1. The minimum Gasteiger partial charge on any atom is -0.494 e. The smallest absolute Gasteiger partial charge is 0.122 e. The Morgan fingerprint density at radius 2 is 1.79 bits per heavy atom. The van der Waals surface area contributed by atoms with Crippen LogP contribution >= 0.6 is 0 Å². The molecule has 130 valence electrons. The molecule has 0 heterocycles. The summed E-state index contributed by atoms with van der Waals surface area (Å²) in [5.74, 6) is 2.53. The van der Waals surface area contributed by atoms with Crippen molar-refractivity contribution in [3.63, 3.8) is 0 Å². The third-order valence-electron chi connectivity index (χ3n) is 3.83. The Morgan fingerprint density at radius 1 is 0.958 bits per heavy atom. The van der Waals surface area contributed by atoms with E-state index in [1.807, 2.05) is 24.3 Å². The van der Waals surface area contributed by atoms with Crippen molar-refractivity contribution in [3.8, 4) is 11.5 Å². The van der Waals surface area contributed by atoms with Crippen molar-refractivity contribution >= 4 is 5.69 Å². The monoisotopic (exact) mass is 327 g/mol. The second-order valence-corrected chi connectivity index (χ2v) is 6.60. The highest BCUT2D eigenvalue weighted by molar-refractivity contribution is 5.48.